The Morgan fingerprint density at radius 2 is 1.94 bits per heavy atom. The van der Waals surface area contributed by atoms with Crippen molar-refractivity contribution < 1.29 is 18.0 Å². The number of nitrogens with one attached hydrogen (secondary N) is 1. The molecule has 0 aliphatic heterocycles. The van der Waals surface area contributed by atoms with E-state index in [9.17, 15) is 18.0 Å². The summed E-state index contributed by atoms with van der Waals surface area (Å²) in [5.41, 5.74) is 1.98. The number of rotatable bonds is 7. The molecule has 1 atom stereocenters. The molecule has 0 saturated heterocycles. The van der Waals surface area contributed by atoms with Crippen LogP contribution >= 0.6 is 0 Å². The van der Waals surface area contributed by atoms with Crippen LogP contribution in [0.25, 0.3) is 5.57 Å². The van der Waals surface area contributed by atoms with Gasteiger partial charge in [0, 0.05) is 37.7 Å². The summed E-state index contributed by atoms with van der Waals surface area (Å²) in [4.78, 5) is 25.5. The summed E-state index contributed by atoms with van der Waals surface area (Å²) < 4.78 is 27.6. The van der Waals surface area contributed by atoms with Crippen LogP contribution in [0, 0.1) is 5.92 Å². The van der Waals surface area contributed by atoms with Crippen molar-refractivity contribution in [2.45, 2.75) is 61.0 Å². The molecule has 1 amide bonds. The van der Waals surface area contributed by atoms with Crippen LogP contribution in [-0.4, -0.2) is 35.1 Å². The molecule has 3 fully saturated rings. The fourth-order valence-electron chi connectivity index (χ4n) is 4.44. The molecule has 7 nitrogen and oxygen atoms in total. The van der Waals surface area contributed by atoms with Gasteiger partial charge < -0.3 is 5.32 Å². The van der Waals surface area contributed by atoms with Crippen molar-refractivity contribution in [3.05, 3.63) is 47.7 Å². The zero-order valence-corrected chi connectivity index (χ0v) is 18.9. The number of ketones is 1. The summed E-state index contributed by atoms with van der Waals surface area (Å²) in [6.45, 7) is 0. The van der Waals surface area contributed by atoms with Crippen LogP contribution in [0.4, 0.5) is 5.82 Å². The van der Waals surface area contributed by atoms with Crippen LogP contribution in [-0.2, 0) is 26.5 Å². The third kappa shape index (κ3) is 4.28. The first-order valence-electron chi connectivity index (χ1n) is 11.2. The number of carbonyl (C=O) groups excluding carboxylic acids is 2. The van der Waals surface area contributed by atoms with Gasteiger partial charge in [-0.2, -0.15) is 5.10 Å². The van der Waals surface area contributed by atoms with E-state index < -0.39 is 9.84 Å². The molecule has 0 unspecified atom stereocenters. The van der Waals surface area contributed by atoms with Crippen LogP contribution in [0.15, 0.2) is 41.4 Å². The summed E-state index contributed by atoms with van der Waals surface area (Å²) in [5, 5.41) is 6.80. The molecular formula is C24H27N3O4S. The van der Waals surface area contributed by atoms with E-state index in [1.54, 1.807) is 36.1 Å². The zero-order valence-electron chi connectivity index (χ0n) is 18.1. The van der Waals surface area contributed by atoms with E-state index in [4.69, 9.17) is 0 Å². The van der Waals surface area contributed by atoms with E-state index in [0.717, 1.165) is 37.7 Å². The molecule has 168 valence electrons. The lowest BCUT2D eigenvalue weighted by Gasteiger charge is -2.15. The number of Topliss-reactive ketones (excluding diaryl/α,β-unsaturated/α-hetero) is 1. The second kappa shape index (κ2) is 7.99. The number of hydrogen-bond acceptors (Lipinski definition) is 5. The SMILES string of the molecule is Cn1ccc(NC(=O)C(=C[C@H]2CCC(=O)C2)c2ccc(S(=O)(=O)C3CC3)c(C3CC3)c2)n1. The molecule has 0 bridgehead atoms. The summed E-state index contributed by atoms with van der Waals surface area (Å²) in [5.74, 6) is 0.585. The van der Waals surface area contributed by atoms with Crippen LogP contribution in [0.5, 0.6) is 0 Å². The number of carbonyl (C=O) groups is 2. The van der Waals surface area contributed by atoms with E-state index >= 15 is 0 Å². The second-order valence-electron chi connectivity index (χ2n) is 9.22. The first-order valence-corrected chi connectivity index (χ1v) is 12.8. The molecule has 3 saturated carbocycles. The third-order valence-corrected chi connectivity index (χ3v) is 8.83. The molecule has 32 heavy (non-hydrogen) atoms. The van der Waals surface area contributed by atoms with E-state index in [-0.39, 0.29) is 28.8 Å². The topological polar surface area (TPSA) is 98.1 Å². The maximum atomic E-state index is 13.3. The van der Waals surface area contributed by atoms with Crippen LogP contribution in [0.3, 0.4) is 0 Å². The highest BCUT2D eigenvalue weighted by Gasteiger charge is 2.40. The van der Waals surface area contributed by atoms with Gasteiger partial charge in [-0.05, 0) is 67.2 Å². The fourth-order valence-corrected chi connectivity index (χ4v) is 6.36. The fraction of sp³-hybridized carbons (Fsp3) is 0.458. The number of anilines is 1. The number of sulfone groups is 1. The molecule has 1 aromatic carbocycles. The van der Waals surface area contributed by atoms with Crippen LogP contribution in [0.2, 0.25) is 0 Å². The number of allylic oxidation sites excluding steroid dienone is 1. The minimum atomic E-state index is -3.32. The first-order chi connectivity index (χ1) is 15.3. The maximum absolute atomic E-state index is 13.3. The molecule has 1 aromatic heterocycles. The van der Waals surface area contributed by atoms with Gasteiger partial charge in [-0.15, -0.1) is 0 Å². The molecule has 3 aliphatic rings. The maximum Gasteiger partial charge on any atom is 0.257 e. The highest BCUT2D eigenvalue weighted by atomic mass is 32.2. The monoisotopic (exact) mass is 453 g/mol. The number of benzene rings is 1. The van der Waals surface area contributed by atoms with E-state index in [0.29, 0.717) is 34.7 Å². The summed E-state index contributed by atoms with van der Waals surface area (Å²) in [6.07, 6.45) is 8.69. The minimum absolute atomic E-state index is 0.00577. The molecule has 0 radical (unpaired) electrons. The largest absolute Gasteiger partial charge is 0.305 e. The minimum Gasteiger partial charge on any atom is -0.305 e. The number of aryl methyl sites for hydroxylation is 1. The normalized spacial score (nSPS) is 21.7. The number of amides is 1. The van der Waals surface area contributed by atoms with Crippen molar-refractivity contribution in [1.29, 1.82) is 0 Å². The number of nitrogens with zero attached hydrogens (tertiary/aromatic N) is 2. The van der Waals surface area contributed by atoms with Crippen LogP contribution < -0.4 is 5.32 Å². The number of hydrogen-bond donors (Lipinski definition) is 1. The van der Waals surface area contributed by atoms with Gasteiger partial charge in [0.15, 0.2) is 15.7 Å². The Labute approximate surface area is 187 Å². The van der Waals surface area contributed by atoms with Gasteiger partial charge in [-0.25, -0.2) is 8.42 Å². The standard InChI is InChI=1S/C24H27N3O4S/c1-27-11-10-23(26-27)25-24(29)21(13-15-2-6-18(28)12-15)17-5-9-22(20(14-17)16-3-4-16)32(30,31)19-7-8-19/h5,9-11,13-16,19H,2-4,6-8,12H2,1H3,(H,25,26,29)/t15-/m0/s1. The van der Waals surface area contributed by atoms with Crippen molar-refractivity contribution in [3.8, 4) is 0 Å². The summed E-state index contributed by atoms with van der Waals surface area (Å²) >= 11 is 0. The molecule has 1 N–H and O–H groups in total. The Morgan fingerprint density at radius 1 is 1.16 bits per heavy atom. The average molecular weight is 454 g/mol. The predicted octanol–water partition coefficient (Wildman–Crippen LogP) is 3.62. The van der Waals surface area contributed by atoms with Crippen molar-refractivity contribution in [1.82, 2.24) is 9.78 Å². The van der Waals surface area contributed by atoms with E-state index in [1.807, 2.05) is 12.1 Å². The molecule has 0 spiro atoms. The van der Waals surface area contributed by atoms with Crippen molar-refractivity contribution in [2.75, 3.05) is 5.32 Å². The Balaban J connectivity index is 1.53. The quantitative estimate of drug-likeness (QED) is 0.646. The van der Waals surface area contributed by atoms with Gasteiger partial charge in [-0.3, -0.25) is 14.3 Å². The van der Waals surface area contributed by atoms with Crippen molar-refractivity contribution >= 4 is 32.9 Å². The van der Waals surface area contributed by atoms with Gasteiger partial charge >= 0.3 is 0 Å². The summed E-state index contributed by atoms with van der Waals surface area (Å²) in [7, 11) is -1.54. The van der Waals surface area contributed by atoms with Gasteiger partial charge in [-0.1, -0.05) is 12.1 Å². The first kappa shape index (κ1) is 21.1. The third-order valence-electron chi connectivity index (χ3n) is 6.49. The molecule has 5 rings (SSSR count). The van der Waals surface area contributed by atoms with E-state index in [2.05, 4.69) is 10.4 Å². The Hall–Kier alpha value is -2.74. The van der Waals surface area contributed by atoms with Crippen molar-refractivity contribution in [2.24, 2.45) is 13.0 Å². The lowest BCUT2D eigenvalue weighted by Crippen LogP contribution is -2.16. The van der Waals surface area contributed by atoms with Gasteiger partial charge in [0.1, 0.15) is 5.78 Å². The Morgan fingerprint density at radius 3 is 2.53 bits per heavy atom. The summed E-state index contributed by atoms with van der Waals surface area (Å²) in [6, 6.07) is 7.02. The number of aromatic nitrogens is 2. The highest BCUT2D eigenvalue weighted by Crippen LogP contribution is 2.46. The molecular weight excluding hydrogens is 426 g/mol. The van der Waals surface area contributed by atoms with E-state index in [1.165, 1.54) is 0 Å². The van der Waals surface area contributed by atoms with Gasteiger partial charge in [0.05, 0.1) is 10.1 Å². The lowest BCUT2D eigenvalue weighted by atomic mass is 9.95. The molecule has 3 aliphatic carbocycles. The lowest BCUT2D eigenvalue weighted by molar-refractivity contribution is -0.117. The molecule has 8 heteroatoms. The average Bonchev–Trinajstić information content (AvgIpc) is 3.68. The zero-order chi connectivity index (χ0) is 22.5. The highest BCUT2D eigenvalue weighted by molar-refractivity contribution is 7.92. The van der Waals surface area contributed by atoms with Crippen molar-refractivity contribution in [3.63, 3.8) is 0 Å². The Bertz CT molecular complexity index is 1220. The predicted molar refractivity (Wildman–Crippen MR) is 121 cm³/mol. The molecule has 1 heterocycles. The molecule has 2 aromatic rings. The van der Waals surface area contributed by atoms with Gasteiger partial charge in [0.2, 0.25) is 0 Å². The van der Waals surface area contributed by atoms with Crippen LogP contribution in [0.1, 0.15) is 62.0 Å². The second-order valence-corrected chi connectivity index (χ2v) is 11.4. The van der Waals surface area contributed by atoms with Gasteiger partial charge in [0.25, 0.3) is 5.91 Å². The Kier molecular flexibility index (Phi) is 5.28. The smallest absolute Gasteiger partial charge is 0.257 e.